The standard InChI is InChI=1S/C47H37N5O/c1-30-26-45(48-29-38(30)31-20-22-32(23-21-31)47(2,3)4)51-40-16-7-5-14-36(40)37-25-24-35(28-44(37)51)53-34-13-11-12-33(27-34)50-42-18-9-10-19-43(42)52-41-17-8-6-15-39(41)49-46(50)52/h5-29H,1-4H3. The van der Waals surface area contributed by atoms with Gasteiger partial charge in [-0.1, -0.05) is 93.6 Å². The summed E-state index contributed by atoms with van der Waals surface area (Å²) in [5.74, 6) is 3.23. The van der Waals surface area contributed by atoms with Crippen LogP contribution in [0.4, 0.5) is 0 Å². The molecule has 53 heavy (non-hydrogen) atoms. The number of pyridine rings is 1. The van der Waals surface area contributed by atoms with E-state index < -0.39 is 0 Å². The highest BCUT2D eigenvalue weighted by Gasteiger charge is 2.19. The maximum Gasteiger partial charge on any atom is 0.220 e. The zero-order valence-electron chi connectivity index (χ0n) is 30.1. The summed E-state index contributed by atoms with van der Waals surface area (Å²) in [5.41, 5.74) is 12.3. The van der Waals surface area contributed by atoms with Gasteiger partial charge in [-0.25, -0.2) is 9.97 Å². The third kappa shape index (κ3) is 5.01. The number of aromatic nitrogens is 5. The van der Waals surface area contributed by atoms with Crippen LogP contribution in [0.3, 0.4) is 0 Å². The van der Waals surface area contributed by atoms with E-state index in [1.165, 1.54) is 22.1 Å². The van der Waals surface area contributed by atoms with Gasteiger partial charge < -0.3 is 4.74 Å². The Morgan fingerprint density at radius 1 is 0.566 bits per heavy atom. The van der Waals surface area contributed by atoms with E-state index in [1.807, 2.05) is 24.4 Å². The lowest BCUT2D eigenvalue weighted by molar-refractivity contribution is 0.483. The van der Waals surface area contributed by atoms with E-state index >= 15 is 0 Å². The lowest BCUT2D eigenvalue weighted by atomic mass is 9.86. The molecule has 10 rings (SSSR count). The van der Waals surface area contributed by atoms with Crippen molar-refractivity contribution in [3.8, 4) is 34.1 Å². The van der Waals surface area contributed by atoms with E-state index in [0.29, 0.717) is 0 Å². The van der Waals surface area contributed by atoms with Crippen molar-refractivity contribution >= 4 is 49.7 Å². The molecule has 0 atom stereocenters. The van der Waals surface area contributed by atoms with Gasteiger partial charge in [-0.3, -0.25) is 13.5 Å². The Bertz CT molecular complexity index is 3030. The first-order chi connectivity index (χ1) is 25.8. The second-order valence-corrected chi connectivity index (χ2v) is 14.9. The van der Waals surface area contributed by atoms with Gasteiger partial charge in [0.1, 0.15) is 17.3 Å². The Balaban J connectivity index is 1.05. The van der Waals surface area contributed by atoms with Crippen LogP contribution < -0.4 is 4.74 Å². The fraction of sp³-hybridized carbons (Fsp3) is 0.106. The molecule has 0 saturated heterocycles. The molecule has 4 aromatic heterocycles. The summed E-state index contributed by atoms with van der Waals surface area (Å²) in [6.07, 6.45) is 2.01. The van der Waals surface area contributed by atoms with Crippen LogP contribution in [0.2, 0.25) is 0 Å². The molecule has 0 N–H and O–H groups in total. The second-order valence-electron chi connectivity index (χ2n) is 14.9. The Hall–Kier alpha value is -6.66. The zero-order valence-corrected chi connectivity index (χ0v) is 30.1. The van der Waals surface area contributed by atoms with Crippen LogP contribution in [0.1, 0.15) is 31.9 Å². The van der Waals surface area contributed by atoms with Crippen LogP contribution in [-0.4, -0.2) is 23.5 Å². The molecule has 0 unspecified atom stereocenters. The number of fused-ring (bicyclic) bond motifs is 8. The van der Waals surface area contributed by atoms with Gasteiger partial charge in [0, 0.05) is 34.7 Å². The fourth-order valence-electron chi connectivity index (χ4n) is 7.80. The van der Waals surface area contributed by atoms with Crippen molar-refractivity contribution in [2.75, 3.05) is 0 Å². The molecule has 6 heteroatoms. The first-order valence-corrected chi connectivity index (χ1v) is 18.1. The average Bonchev–Trinajstić information content (AvgIpc) is 3.81. The maximum absolute atomic E-state index is 6.65. The van der Waals surface area contributed by atoms with Crippen LogP contribution in [0.15, 0.2) is 152 Å². The minimum absolute atomic E-state index is 0.109. The van der Waals surface area contributed by atoms with E-state index in [0.717, 1.165) is 72.8 Å². The molecule has 0 saturated carbocycles. The summed E-state index contributed by atoms with van der Waals surface area (Å²) in [6.45, 7) is 8.90. The van der Waals surface area contributed by atoms with Crippen molar-refractivity contribution in [3.05, 3.63) is 163 Å². The Morgan fingerprint density at radius 2 is 1.26 bits per heavy atom. The van der Waals surface area contributed by atoms with Crippen molar-refractivity contribution in [2.45, 2.75) is 33.1 Å². The minimum atomic E-state index is 0.109. The molecule has 0 aliphatic heterocycles. The van der Waals surface area contributed by atoms with Crippen LogP contribution in [0.5, 0.6) is 11.5 Å². The summed E-state index contributed by atoms with van der Waals surface area (Å²) in [7, 11) is 0. The number of para-hydroxylation sites is 5. The molecule has 0 radical (unpaired) electrons. The Morgan fingerprint density at radius 3 is 2.06 bits per heavy atom. The minimum Gasteiger partial charge on any atom is -0.457 e. The maximum atomic E-state index is 6.65. The quantitative estimate of drug-likeness (QED) is 0.181. The molecule has 256 valence electrons. The van der Waals surface area contributed by atoms with Gasteiger partial charge in [0.25, 0.3) is 0 Å². The van der Waals surface area contributed by atoms with E-state index in [4.69, 9.17) is 14.7 Å². The number of aryl methyl sites for hydroxylation is 1. The van der Waals surface area contributed by atoms with Crippen molar-refractivity contribution < 1.29 is 4.74 Å². The number of ether oxygens (including phenoxy) is 1. The van der Waals surface area contributed by atoms with Gasteiger partial charge in [-0.05, 0) is 89.7 Å². The third-order valence-corrected chi connectivity index (χ3v) is 10.5. The molecular weight excluding hydrogens is 651 g/mol. The molecule has 6 aromatic carbocycles. The van der Waals surface area contributed by atoms with Gasteiger partial charge >= 0.3 is 0 Å². The monoisotopic (exact) mass is 687 g/mol. The highest BCUT2D eigenvalue weighted by Crippen LogP contribution is 2.37. The second kappa shape index (κ2) is 11.7. The molecular formula is C47H37N5O. The number of hydrogen-bond donors (Lipinski definition) is 0. The summed E-state index contributed by atoms with van der Waals surface area (Å²) in [5, 5.41) is 2.32. The Kier molecular flexibility index (Phi) is 6.86. The van der Waals surface area contributed by atoms with Crippen molar-refractivity contribution in [2.24, 2.45) is 0 Å². The van der Waals surface area contributed by atoms with E-state index in [1.54, 1.807) is 0 Å². The lowest BCUT2D eigenvalue weighted by Gasteiger charge is -2.19. The molecule has 6 nitrogen and oxygen atoms in total. The zero-order chi connectivity index (χ0) is 35.8. The number of nitrogens with zero attached hydrogens (tertiary/aromatic N) is 5. The molecule has 0 aliphatic rings. The first kappa shape index (κ1) is 31.1. The topological polar surface area (TPSA) is 49.3 Å². The SMILES string of the molecule is Cc1cc(-n2c3ccccc3c3ccc(Oc4cccc(-n5c6ccccc6n6c7ccccc7nc56)c4)cc32)ncc1-c1ccc(C(C)(C)C)cc1. The predicted octanol–water partition coefficient (Wildman–Crippen LogP) is 12.0. The molecule has 0 aliphatic carbocycles. The largest absolute Gasteiger partial charge is 0.457 e. The highest BCUT2D eigenvalue weighted by atomic mass is 16.5. The van der Waals surface area contributed by atoms with Crippen LogP contribution in [-0.2, 0) is 5.41 Å². The van der Waals surface area contributed by atoms with E-state index in [9.17, 15) is 0 Å². The Labute approximate surface area is 307 Å². The van der Waals surface area contributed by atoms with Crippen molar-refractivity contribution in [1.29, 1.82) is 0 Å². The van der Waals surface area contributed by atoms with Gasteiger partial charge in [-0.15, -0.1) is 0 Å². The normalized spacial score (nSPS) is 12.2. The summed E-state index contributed by atoms with van der Waals surface area (Å²) >= 11 is 0. The van der Waals surface area contributed by atoms with Gasteiger partial charge in [0.15, 0.2) is 0 Å². The summed E-state index contributed by atoms with van der Waals surface area (Å²) < 4.78 is 13.3. The predicted molar refractivity (Wildman–Crippen MR) is 217 cm³/mol. The first-order valence-electron chi connectivity index (χ1n) is 18.1. The molecule has 0 fully saturated rings. The van der Waals surface area contributed by atoms with Crippen molar-refractivity contribution in [1.82, 2.24) is 23.5 Å². The number of imidazole rings is 2. The molecule has 4 heterocycles. The fourth-order valence-corrected chi connectivity index (χ4v) is 7.80. The number of rotatable bonds is 5. The van der Waals surface area contributed by atoms with Crippen molar-refractivity contribution in [3.63, 3.8) is 0 Å². The summed E-state index contributed by atoms with van der Waals surface area (Å²) in [6, 6.07) is 50.9. The third-order valence-electron chi connectivity index (χ3n) is 10.5. The van der Waals surface area contributed by atoms with Gasteiger partial charge in [-0.2, -0.15) is 0 Å². The van der Waals surface area contributed by atoms with Gasteiger partial charge in [0.2, 0.25) is 5.78 Å². The van der Waals surface area contributed by atoms with E-state index in [-0.39, 0.29) is 5.41 Å². The van der Waals surface area contributed by atoms with Crippen LogP contribution in [0, 0.1) is 6.92 Å². The van der Waals surface area contributed by atoms with Crippen LogP contribution in [0.25, 0.3) is 72.3 Å². The summed E-state index contributed by atoms with van der Waals surface area (Å²) in [4.78, 5) is 10.1. The molecule has 10 aromatic rings. The molecule has 0 spiro atoms. The van der Waals surface area contributed by atoms with E-state index in [2.05, 4.69) is 169 Å². The smallest absolute Gasteiger partial charge is 0.220 e. The molecule has 0 amide bonds. The highest BCUT2D eigenvalue weighted by molar-refractivity contribution is 6.09. The number of hydrogen-bond acceptors (Lipinski definition) is 3. The van der Waals surface area contributed by atoms with Crippen LogP contribution >= 0.6 is 0 Å². The number of benzene rings is 6. The van der Waals surface area contributed by atoms with Gasteiger partial charge in [0.05, 0.1) is 38.8 Å². The lowest BCUT2D eigenvalue weighted by Crippen LogP contribution is -2.10. The average molecular weight is 688 g/mol. The molecule has 0 bridgehead atoms.